The first kappa shape index (κ1) is 13.8. The van der Waals surface area contributed by atoms with E-state index >= 15 is 0 Å². The van der Waals surface area contributed by atoms with Gasteiger partial charge in [-0.3, -0.25) is 0 Å². The molecule has 1 aromatic carbocycles. The van der Waals surface area contributed by atoms with Gasteiger partial charge in [-0.1, -0.05) is 80.1 Å². The predicted molar refractivity (Wildman–Crippen MR) is 75.9 cm³/mol. The molecule has 0 saturated carbocycles. The first-order chi connectivity index (χ1) is 7.75. The Morgan fingerprint density at radius 2 is 1.75 bits per heavy atom. The molecule has 1 atom stereocenters. The third-order valence-corrected chi connectivity index (χ3v) is 3.90. The van der Waals surface area contributed by atoms with Gasteiger partial charge >= 0.3 is 0 Å². The van der Waals surface area contributed by atoms with E-state index in [2.05, 4.69) is 54.0 Å². The van der Waals surface area contributed by atoms with Crippen molar-refractivity contribution in [3.05, 3.63) is 34.3 Å². The van der Waals surface area contributed by atoms with Crippen LogP contribution in [0, 0.1) is 0 Å². The SMILES string of the molecule is CCCCCCC[C@@H](C)c1ccccc1Br. The molecule has 0 N–H and O–H groups in total. The van der Waals surface area contributed by atoms with Crippen LogP contribution in [0.25, 0.3) is 0 Å². The Bertz CT molecular complexity index is 293. The summed E-state index contributed by atoms with van der Waals surface area (Å²) in [6.45, 7) is 4.60. The van der Waals surface area contributed by atoms with Gasteiger partial charge in [-0.25, -0.2) is 0 Å². The van der Waals surface area contributed by atoms with Gasteiger partial charge in [0, 0.05) is 4.47 Å². The second-order valence-corrected chi connectivity index (χ2v) is 5.48. The molecule has 16 heavy (non-hydrogen) atoms. The second-order valence-electron chi connectivity index (χ2n) is 4.63. The molecule has 0 aromatic heterocycles. The van der Waals surface area contributed by atoms with Crippen molar-refractivity contribution in [3.63, 3.8) is 0 Å². The molecule has 0 aliphatic heterocycles. The third-order valence-electron chi connectivity index (χ3n) is 3.18. The van der Waals surface area contributed by atoms with Crippen LogP contribution in [0.4, 0.5) is 0 Å². The summed E-state index contributed by atoms with van der Waals surface area (Å²) in [5, 5.41) is 0. The maximum absolute atomic E-state index is 3.63. The van der Waals surface area contributed by atoms with Crippen LogP contribution in [-0.2, 0) is 0 Å². The zero-order valence-corrected chi connectivity index (χ0v) is 12.1. The quantitative estimate of drug-likeness (QED) is 0.545. The van der Waals surface area contributed by atoms with Gasteiger partial charge in [-0.15, -0.1) is 0 Å². The van der Waals surface area contributed by atoms with Crippen molar-refractivity contribution < 1.29 is 0 Å². The first-order valence-corrected chi connectivity index (χ1v) is 7.29. The van der Waals surface area contributed by atoms with E-state index in [1.165, 1.54) is 48.6 Å². The van der Waals surface area contributed by atoms with Gasteiger partial charge in [-0.05, 0) is 24.0 Å². The molecule has 0 aliphatic rings. The topological polar surface area (TPSA) is 0 Å². The fourth-order valence-electron chi connectivity index (χ4n) is 2.08. The minimum atomic E-state index is 0.678. The molecule has 0 radical (unpaired) electrons. The van der Waals surface area contributed by atoms with Gasteiger partial charge in [0.05, 0.1) is 0 Å². The van der Waals surface area contributed by atoms with Crippen molar-refractivity contribution in [2.75, 3.05) is 0 Å². The van der Waals surface area contributed by atoms with E-state index in [-0.39, 0.29) is 0 Å². The van der Waals surface area contributed by atoms with Crippen molar-refractivity contribution in [2.24, 2.45) is 0 Å². The minimum absolute atomic E-state index is 0.678. The summed E-state index contributed by atoms with van der Waals surface area (Å²) >= 11 is 3.63. The predicted octanol–water partition coefficient (Wildman–Crippen LogP) is 5.91. The van der Waals surface area contributed by atoms with Crippen LogP contribution in [-0.4, -0.2) is 0 Å². The fourth-order valence-corrected chi connectivity index (χ4v) is 2.76. The number of hydrogen-bond donors (Lipinski definition) is 0. The zero-order valence-electron chi connectivity index (χ0n) is 10.5. The molecule has 0 nitrogen and oxygen atoms in total. The highest BCUT2D eigenvalue weighted by Crippen LogP contribution is 2.28. The Kier molecular flexibility index (Phi) is 6.79. The van der Waals surface area contributed by atoms with Crippen molar-refractivity contribution in [2.45, 2.75) is 58.3 Å². The van der Waals surface area contributed by atoms with Crippen LogP contribution in [0.5, 0.6) is 0 Å². The van der Waals surface area contributed by atoms with Gasteiger partial charge in [0.1, 0.15) is 0 Å². The lowest BCUT2D eigenvalue weighted by Crippen LogP contribution is -1.94. The smallest absolute Gasteiger partial charge is 0.0210 e. The summed E-state index contributed by atoms with van der Waals surface area (Å²) in [6, 6.07) is 8.60. The van der Waals surface area contributed by atoms with Crippen LogP contribution in [0.3, 0.4) is 0 Å². The Morgan fingerprint density at radius 1 is 1.06 bits per heavy atom. The van der Waals surface area contributed by atoms with Gasteiger partial charge < -0.3 is 0 Å². The lowest BCUT2D eigenvalue weighted by atomic mass is 9.95. The summed E-state index contributed by atoms with van der Waals surface area (Å²) < 4.78 is 1.26. The van der Waals surface area contributed by atoms with E-state index in [9.17, 15) is 0 Å². The van der Waals surface area contributed by atoms with E-state index in [1.54, 1.807) is 0 Å². The number of halogens is 1. The molecule has 0 fully saturated rings. The third kappa shape index (κ3) is 4.69. The monoisotopic (exact) mass is 282 g/mol. The van der Waals surface area contributed by atoms with E-state index in [1.807, 2.05) is 0 Å². The number of unbranched alkanes of at least 4 members (excludes halogenated alkanes) is 4. The molecule has 90 valence electrons. The molecule has 1 heteroatoms. The van der Waals surface area contributed by atoms with E-state index in [4.69, 9.17) is 0 Å². The molecule has 0 saturated heterocycles. The number of benzene rings is 1. The zero-order chi connectivity index (χ0) is 11.8. The Labute approximate surface area is 109 Å². The lowest BCUT2D eigenvalue weighted by Gasteiger charge is -2.13. The molecule has 0 unspecified atom stereocenters. The van der Waals surface area contributed by atoms with Crippen LogP contribution in [0.1, 0.15) is 63.9 Å². The fraction of sp³-hybridized carbons (Fsp3) is 0.600. The molecule has 0 aliphatic carbocycles. The van der Waals surface area contributed by atoms with E-state index < -0.39 is 0 Å². The highest BCUT2D eigenvalue weighted by Gasteiger charge is 2.07. The Morgan fingerprint density at radius 3 is 2.44 bits per heavy atom. The van der Waals surface area contributed by atoms with Crippen LogP contribution in [0.15, 0.2) is 28.7 Å². The summed E-state index contributed by atoms with van der Waals surface area (Å²) in [7, 11) is 0. The highest BCUT2D eigenvalue weighted by atomic mass is 79.9. The first-order valence-electron chi connectivity index (χ1n) is 6.50. The summed E-state index contributed by atoms with van der Waals surface area (Å²) in [5.41, 5.74) is 1.46. The number of hydrogen-bond acceptors (Lipinski definition) is 0. The van der Waals surface area contributed by atoms with Crippen molar-refractivity contribution in [1.82, 2.24) is 0 Å². The maximum Gasteiger partial charge on any atom is 0.0210 e. The van der Waals surface area contributed by atoms with Gasteiger partial charge in [0.15, 0.2) is 0 Å². The Hall–Kier alpha value is -0.300. The normalized spacial score (nSPS) is 12.7. The summed E-state index contributed by atoms with van der Waals surface area (Å²) in [5.74, 6) is 0.678. The van der Waals surface area contributed by atoms with Crippen LogP contribution < -0.4 is 0 Å². The van der Waals surface area contributed by atoms with E-state index in [0.29, 0.717) is 5.92 Å². The van der Waals surface area contributed by atoms with Crippen LogP contribution >= 0.6 is 15.9 Å². The molecule has 0 heterocycles. The highest BCUT2D eigenvalue weighted by molar-refractivity contribution is 9.10. The average Bonchev–Trinajstić information content (AvgIpc) is 2.29. The average molecular weight is 283 g/mol. The molecule has 0 spiro atoms. The minimum Gasteiger partial charge on any atom is -0.0654 e. The standard InChI is InChI=1S/C15H23Br/c1-3-4-5-6-7-10-13(2)14-11-8-9-12-15(14)16/h8-9,11-13H,3-7,10H2,1-2H3/t13-/m1/s1. The van der Waals surface area contributed by atoms with Gasteiger partial charge in [-0.2, -0.15) is 0 Å². The Balaban J connectivity index is 2.30. The van der Waals surface area contributed by atoms with Gasteiger partial charge in [0.25, 0.3) is 0 Å². The van der Waals surface area contributed by atoms with E-state index in [0.717, 1.165) is 0 Å². The van der Waals surface area contributed by atoms with Crippen LogP contribution in [0.2, 0.25) is 0 Å². The molecule has 1 aromatic rings. The lowest BCUT2D eigenvalue weighted by molar-refractivity contribution is 0.566. The molecule has 1 rings (SSSR count). The summed E-state index contributed by atoms with van der Waals surface area (Å²) in [6.07, 6.45) is 8.19. The van der Waals surface area contributed by atoms with Crippen molar-refractivity contribution in [1.29, 1.82) is 0 Å². The maximum atomic E-state index is 3.63. The molecular formula is C15H23Br. The molecule has 0 bridgehead atoms. The molecular weight excluding hydrogens is 260 g/mol. The second kappa shape index (κ2) is 7.89. The number of rotatable bonds is 7. The molecule has 0 amide bonds. The largest absolute Gasteiger partial charge is 0.0654 e. The van der Waals surface area contributed by atoms with Crippen molar-refractivity contribution >= 4 is 15.9 Å². The van der Waals surface area contributed by atoms with Crippen molar-refractivity contribution in [3.8, 4) is 0 Å². The van der Waals surface area contributed by atoms with Gasteiger partial charge in [0.2, 0.25) is 0 Å². The summed E-state index contributed by atoms with van der Waals surface area (Å²) in [4.78, 5) is 0.